The van der Waals surface area contributed by atoms with Gasteiger partial charge in [-0.3, -0.25) is 4.79 Å². The maximum absolute atomic E-state index is 12.5. The van der Waals surface area contributed by atoms with Crippen molar-refractivity contribution in [3.05, 3.63) is 60.5 Å². The highest BCUT2D eigenvalue weighted by atomic mass is 16.5. The van der Waals surface area contributed by atoms with Crippen LogP contribution in [0.3, 0.4) is 0 Å². The highest BCUT2D eigenvalue weighted by Crippen LogP contribution is 2.20. The highest BCUT2D eigenvalue weighted by Gasteiger charge is 2.16. The minimum atomic E-state index is 0.0355. The lowest BCUT2D eigenvalue weighted by molar-refractivity contribution is -0.132. The van der Waals surface area contributed by atoms with Gasteiger partial charge in [-0.15, -0.1) is 0 Å². The van der Waals surface area contributed by atoms with E-state index in [0.29, 0.717) is 37.7 Å². The lowest BCUT2D eigenvalue weighted by Crippen LogP contribution is -2.30. The molecular weight excluding hydrogens is 370 g/mol. The molecule has 0 atom stereocenters. The molecule has 0 unspecified atom stereocenters. The number of aromatic nitrogens is 2. The molecule has 0 aliphatic rings. The summed E-state index contributed by atoms with van der Waals surface area (Å²) in [5.41, 5.74) is 0.827. The minimum Gasteiger partial charge on any atom is -0.497 e. The Labute approximate surface area is 170 Å². The number of hydrogen-bond donors (Lipinski definition) is 0. The van der Waals surface area contributed by atoms with Gasteiger partial charge in [0.05, 0.1) is 20.3 Å². The van der Waals surface area contributed by atoms with E-state index in [-0.39, 0.29) is 12.5 Å². The number of ether oxygens (including phenoxy) is 2. The average molecular weight is 395 g/mol. The molecule has 0 radical (unpaired) electrons. The predicted molar refractivity (Wildman–Crippen MR) is 109 cm³/mol. The summed E-state index contributed by atoms with van der Waals surface area (Å²) in [5.74, 6) is 2.50. The molecule has 0 aliphatic carbocycles. The second-order valence-electron chi connectivity index (χ2n) is 6.41. The Bertz CT molecular complexity index is 894. The van der Waals surface area contributed by atoms with E-state index in [1.807, 2.05) is 61.5 Å². The molecule has 29 heavy (non-hydrogen) atoms. The molecule has 1 heterocycles. The minimum absolute atomic E-state index is 0.0355. The van der Waals surface area contributed by atoms with Crippen LogP contribution in [0.5, 0.6) is 11.5 Å². The second-order valence-corrected chi connectivity index (χ2v) is 6.41. The molecule has 7 heteroatoms. The first-order valence-corrected chi connectivity index (χ1v) is 9.62. The molecule has 3 aromatic rings. The van der Waals surface area contributed by atoms with E-state index in [2.05, 4.69) is 10.1 Å². The SMILES string of the molecule is CCN(Cc1nc(-c2ccc(OC)cc2)no1)C(=O)CCCOc1ccccc1. The zero-order valence-corrected chi connectivity index (χ0v) is 16.7. The summed E-state index contributed by atoms with van der Waals surface area (Å²) in [6.45, 7) is 3.28. The van der Waals surface area contributed by atoms with E-state index in [4.69, 9.17) is 14.0 Å². The fourth-order valence-electron chi connectivity index (χ4n) is 2.80. The quantitative estimate of drug-likeness (QED) is 0.484. The van der Waals surface area contributed by atoms with Gasteiger partial charge in [0.1, 0.15) is 11.5 Å². The Morgan fingerprint density at radius 1 is 1.07 bits per heavy atom. The molecular formula is C22H25N3O4. The van der Waals surface area contributed by atoms with Crippen LogP contribution in [0.25, 0.3) is 11.4 Å². The number of para-hydroxylation sites is 1. The van der Waals surface area contributed by atoms with Crippen molar-refractivity contribution in [2.75, 3.05) is 20.3 Å². The van der Waals surface area contributed by atoms with E-state index >= 15 is 0 Å². The van der Waals surface area contributed by atoms with Gasteiger partial charge < -0.3 is 18.9 Å². The first-order valence-electron chi connectivity index (χ1n) is 9.62. The Morgan fingerprint density at radius 3 is 2.52 bits per heavy atom. The summed E-state index contributed by atoms with van der Waals surface area (Å²) in [5, 5.41) is 4.01. The summed E-state index contributed by atoms with van der Waals surface area (Å²) in [7, 11) is 1.62. The van der Waals surface area contributed by atoms with Crippen LogP contribution in [0.4, 0.5) is 0 Å². The fourth-order valence-corrected chi connectivity index (χ4v) is 2.80. The van der Waals surface area contributed by atoms with Crippen molar-refractivity contribution < 1.29 is 18.8 Å². The van der Waals surface area contributed by atoms with Crippen molar-refractivity contribution in [3.8, 4) is 22.9 Å². The van der Waals surface area contributed by atoms with Crippen molar-refractivity contribution in [2.45, 2.75) is 26.3 Å². The Kier molecular flexibility index (Phi) is 7.22. The maximum atomic E-state index is 12.5. The smallest absolute Gasteiger partial charge is 0.246 e. The Balaban J connectivity index is 1.49. The monoisotopic (exact) mass is 395 g/mol. The van der Waals surface area contributed by atoms with Crippen molar-refractivity contribution in [3.63, 3.8) is 0 Å². The van der Waals surface area contributed by atoms with Gasteiger partial charge in [-0.1, -0.05) is 23.4 Å². The van der Waals surface area contributed by atoms with Gasteiger partial charge in [0.25, 0.3) is 0 Å². The van der Waals surface area contributed by atoms with Crippen LogP contribution < -0.4 is 9.47 Å². The van der Waals surface area contributed by atoms with Gasteiger partial charge in [0, 0.05) is 18.5 Å². The van der Waals surface area contributed by atoms with Gasteiger partial charge >= 0.3 is 0 Å². The van der Waals surface area contributed by atoms with Gasteiger partial charge in [-0.05, 0) is 49.7 Å². The number of benzene rings is 2. The number of rotatable bonds is 10. The van der Waals surface area contributed by atoms with Gasteiger partial charge in [0.2, 0.25) is 17.6 Å². The van der Waals surface area contributed by atoms with Crippen LogP contribution in [0.2, 0.25) is 0 Å². The summed E-state index contributed by atoms with van der Waals surface area (Å²) in [4.78, 5) is 18.6. The largest absolute Gasteiger partial charge is 0.497 e. The third-order valence-electron chi connectivity index (χ3n) is 4.42. The fraction of sp³-hybridized carbons (Fsp3) is 0.318. The molecule has 3 rings (SSSR count). The number of amides is 1. The standard InChI is InChI=1S/C22H25N3O4/c1-3-25(21(26)10-7-15-28-19-8-5-4-6-9-19)16-20-23-22(24-29-20)17-11-13-18(27-2)14-12-17/h4-6,8-9,11-14H,3,7,10,15-16H2,1-2H3. The molecule has 0 saturated heterocycles. The van der Waals surface area contributed by atoms with Crippen molar-refractivity contribution >= 4 is 5.91 Å². The van der Waals surface area contributed by atoms with E-state index in [9.17, 15) is 4.79 Å². The topological polar surface area (TPSA) is 77.7 Å². The third kappa shape index (κ3) is 5.81. The third-order valence-corrected chi connectivity index (χ3v) is 4.42. The second kappa shape index (κ2) is 10.3. The van der Waals surface area contributed by atoms with Crippen LogP contribution in [0, 0.1) is 0 Å². The molecule has 0 N–H and O–H groups in total. The first-order chi connectivity index (χ1) is 14.2. The molecule has 0 bridgehead atoms. The van der Waals surface area contributed by atoms with E-state index in [1.165, 1.54) is 0 Å². The number of carbonyl (C=O) groups is 1. The molecule has 0 spiro atoms. The molecule has 7 nitrogen and oxygen atoms in total. The lowest BCUT2D eigenvalue weighted by atomic mass is 10.2. The summed E-state index contributed by atoms with van der Waals surface area (Å²) in [6.07, 6.45) is 1.05. The van der Waals surface area contributed by atoms with Gasteiger partial charge in [-0.25, -0.2) is 0 Å². The van der Waals surface area contributed by atoms with E-state index < -0.39 is 0 Å². The summed E-state index contributed by atoms with van der Waals surface area (Å²) >= 11 is 0. The van der Waals surface area contributed by atoms with Crippen molar-refractivity contribution in [2.24, 2.45) is 0 Å². The van der Waals surface area contributed by atoms with Crippen molar-refractivity contribution in [1.29, 1.82) is 0 Å². The summed E-state index contributed by atoms with van der Waals surface area (Å²) < 4.78 is 16.1. The van der Waals surface area contributed by atoms with Crippen LogP contribution in [0.15, 0.2) is 59.1 Å². The molecule has 0 aliphatic heterocycles. The molecule has 2 aromatic carbocycles. The molecule has 152 valence electrons. The number of hydrogen-bond acceptors (Lipinski definition) is 6. The summed E-state index contributed by atoms with van der Waals surface area (Å²) in [6, 6.07) is 17.0. The lowest BCUT2D eigenvalue weighted by Gasteiger charge is -2.18. The predicted octanol–water partition coefficient (Wildman–Crippen LogP) is 3.95. The zero-order valence-electron chi connectivity index (χ0n) is 16.7. The number of carbonyl (C=O) groups excluding carboxylic acids is 1. The van der Waals surface area contributed by atoms with Gasteiger partial charge in [-0.2, -0.15) is 4.98 Å². The molecule has 0 fully saturated rings. The number of methoxy groups -OCH3 is 1. The van der Waals surface area contributed by atoms with Crippen LogP contribution in [0.1, 0.15) is 25.7 Å². The molecule has 0 saturated carbocycles. The van der Waals surface area contributed by atoms with Crippen LogP contribution in [-0.2, 0) is 11.3 Å². The Morgan fingerprint density at radius 2 is 1.83 bits per heavy atom. The zero-order chi connectivity index (χ0) is 20.5. The molecule has 1 aromatic heterocycles. The van der Waals surface area contributed by atoms with Crippen molar-refractivity contribution in [1.82, 2.24) is 15.0 Å². The van der Waals surface area contributed by atoms with Gasteiger partial charge in [0.15, 0.2) is 0 Å². The van der Waals surface area contributed by atoms with Crippen LogP contribution in [-0.4, -0.2) is 41.2 Å². The first kappa shape index (κ1) is 20.4. The van der Waals surface area contributed by atoms with E-state index in [1.54, 1.807) is 12.0 Å². The average Bonchev–Trinajstić information content (AvgIpc) is 3.24. The van der Waals surface area contributed by atoms with Crippen LogP contribution >= 0.6 is 0 Å². The van der Waals surface area contributed by atoms with E-state index in [0.717, 1.165) is 17.1 Å². The maximum Gasteiger partial charge on any atom is 0.246 e. The number of nitrogens with zero attached hydrogens (tertiary/aromatic N) is 3. The Hall–Kier alpha value is -3.35. The highest BCUT2D eigenvalue weighted by molar-refractivity contribution is 5.76. The molecule has 1 amide bonds. The normalized spacial score (nSPS) is 10.6.